The van der Waals surface area contributed by atoms with Crippen LogP contribution >= 0.6 is 0 Å². The van der Waals surface area contributed by atoms with Crippen molar-refractivity contribution in [3.8, 4) is 0 Å². The van der Waals surface area contributed by atoms with E-state index in [1.165, 1.54) is 0 Å². The van der Waals surface area contributed by atoms with Gasteiger partial charge in [0.25, 0.3) is 0 Å². The average Bonchev–Trinajstić information content (AvgIpc) is 2.85. The molecule has 7 nitrogen and oxygen atoms in total. The van der Waals surface area contributed by atoms with Gasteiger partial charge in [-0.25, -0.2) is 0 Å². The first-order chi connectivity index (χ1) is 10.1. The van der Waals surface area contributed by atoms with Gasteiger partial charge < -0.3 is 5.32 Å². The molecule has 0 bridgehead atoms. The standard InChI is InChI=1S/C14H19N5O2/c1-4-12-14(19(20)21)13(5-2)18(17-12)9-11-8-10(15-3)6-7-16-11/h6-8H,4-5,9H2,1-3H3,(H,15,16). The molecule has 7 heteroatoms. The van der Waals surface area contributed by atoms with E-state index >= 15 is 0 Å². The van der Waals surface area contributed by atoms with Gasteiger partial charge in [0.05, 0.1) is 17.2 Å². The molecule has 0 saturated heterocycles. The highest BCUT2D eigenvalue weighted by Gasteiger charge is 2.25. The average molecular weight is 289 g/mol. The number of hydrogen-bond donors (Lipinski definition) is 1. The highest BCUT2D eigenvalue weighted by molar-refractivity contribution is 5.44. The van der Waals surface area contributed by atoms with Crippen molar-refractivity contribution >= 4 is 11.4 Å². The van der Waals surface area contributed by atoms with E-state index in [0.717, 1.165) is 11.4 Å². The number of anilines is 1. The molecule has 21 heavy (non-hydrogen) atoms. The van der Waals surface area contributed by atoms with Gasteiger partial charge in [-0.3, -0.25) is 19.8 Å². The second-order valence-electron chi connectivity index (χ2n) is 4.65. The number of nitrogens with one attached hydrogen (secondary N) is 1. The SMILES string of the molecule is CCc1nn(Cc2cc(NC)ccn2)c(CC)c1[N+](=O)[O-]. The third kappa shape index (κ3) is 3.01. The number of nitrogens with zero attached hydrogens (tertiary/aromatic N) is 4. The van der Waals surface area contributed by atoms with Gasteiger partial charge in [-0.15, -0.1) is 0 Å². The molecule has 0 fully saturated rings. The van der Waals surface area contributed by atoms with Crippen molar-refractivity contribution in [3.05, 3.63) is 45.5 Å². The van der Waals surface area contributed by atoms with E-state index < -0.39 is 0 Å². The van der Waals surface area contributed by atoms with Crippen molar-refractivity contribution in [2.24, 2.45) is 0 Å². The molecular formula is C14H19N5O2. The maximum absolute atomic E-state index is 11.3. The second kappa shape index (κ2) is 6.34. The highest BCUT2D eigenvalue weighted by atomic mass is 16.6. The molecule has 0 unspecified atom stereocenters. The summed E-state index contributed by atoms with van der Waals surface area (Å²) in [6.07, 6.45) is 2.82. The van der Waals surface area contributed by atoms with Crippen molar-refractivity contribution in [2.75, 3.05) is 12.4 Å². The summed E-state index contributed by atoms with van der Waals surface area (Å²) in [6.45, 7) is 4.20. The zero-order valence-electron chi connectivity index (χ0n) is 12.5. The number of aromatic nitrogens is 3. The minimum Gasteiger partial charge on any atom is -0.388 e. The molecule has 1 N–H and O–H groups in total. The molecule has 0 aromatic carbocycles. The lowest BCUT2D eigenvalue weighted by Crippen LogP contribution is -2.08. The first kappa shape index (κ1) is 15.0. The van der Waals surface area contributed by atoms with Gasteiger partial charge in [-0.1, -0.05) is 13.8 Å². The Bertz CT molecular complexity index is 651. The van der Waals surface area contributed by atoms with Gasteiger partial charge in [0, 0.05) is 18.9 Å². The molecule has 2 heterocycles. The van der Waals surface area contributed by atoms with E-state index in [-0.39, 0.29) is 10.6 Å². The fraction of sp³-hybridized carbons (Fsp3) is 0.429. The van der Waals surface area contributed by atoms with Crippen molar-refractivity contribution in [1.82, 2.24) is 14.8 Å². The maximum atomic E-state index is 11.3. The molecule has 0 aliphatic heterocycles. The zero-order chi connectivity index (χ0) is 15.4. The summed E-state index contributed by atoms with van der Waals surface area (Å²) in [5.74, 6) is 0. The van der Waals surface area contributed by atoms with Crippen molar-refractivity contribution in [1.29, 1.82) is 0 Å². The van der Waals surface area contributed by atoms with Crippen LogP contribution in [0.25, 0.3) is 0 Å². The van der Waals surface area contributed by atoms with Gasteiger partial charge >= 0.3 is 5.69 Å². The minimum absolute atomic E-state index is 0.143. The second-order valence-corrected chi connectivity index (χ2v) is 4.65. The molecule has 0 amide bonds. The highest BCUT2D eigenvalue weighted by Crippen LogP contribution is 2.25. The van der Waals surface area contributed by atoms with Crippen LogP contribution in [0.3, 0.4) is 0 Å². The van der Waals surface area contributed by atoms with Crippen LogP contribution in [0.1, 0.15) is 30.9 Å². The topological polar surface area (TPSA) is 85.9 Å². The molecule has 2 aromatic rings. The Morgan fingerprint density at radius 2 is 2.14 bits per heavy atom. The van der Waals surface area contributed by atoms with Crippen LogP contribution in [0.4, 0.5) is 11.4 Å². The number of aryl methyl sites for hydroxylation is 1. The molecule has 112 valence electrons. The predicted octanol–water partition coefficient (Wildman–Crippen LogP) is 2.40. The molecule has 0 spiro atoms. The Balaban J connectivity index is 2.41. The number of nitro groups is 1. The summed E-state index contributed by atoms with van der Waals surface area (Å²) < 4.78 is 1.69. The number of rotatable bonds is 6. The van der Waals surface area contributed by atoms with E-state index in [0.29, 0.717) is 30.8 Å². The molecule has 0 aliphatic carbocycles. The lowest BCUT2D eigenvalue weighted by molar-refractivity contribution is -0.386. The number of pyridine rings is 1. The summed E-state index contributed by atoms with van der Waals surface area (Å²) in [7, 11) is 1.84. The third-order valence-electron chi connectivity index (χ3n) is 3.37. The molecular weight excluding hydrogens is 270 g/mol. The first-order valence-corrected chi connectivity index (χ1v) is 6.96. The summed E-state index contributed by atoms with van der Waals surface area (Å²) in [5, 5.41) is 18.7. The van der Waals surface area contributed by atoms with E-state index in [1.807, 2.05) is 33.0 Å². The van der Waals surface area contributed by atoms with Gasteiger partial charge in [-0.05, 0) is 25.0 Å². The monoisotopic (exact) mass is 289 g/mol. The van der Waals surface area contributed by atoms with Gasteiger partial charge in [0.2, 0.25) is 0 Å². The molecule has 0 atom stereocenters. The van der Waals surface area contributed by atoms with E-state index in [9.17, 15) is 10.1 Å². The number of hydrogen-bond acceptors (Lipinski definition) is 5. The van der Waals surface area contributed by atoms with E-state index in [4.69, 9.17) is 0 Å². The molecule has 2 aromatic heterocycles. The fourth-order valence-corrected chi connectivity index (χ4v) is 2.35. The lowest BCUT2D eigenvalue weighted by atomic mass is 10.2. The largest absolute Gasteiger partial charge is 0.388 e. The molecule has 0 radical (unpaired) electrons. The minimum atomic E-state index is -0.335. The Hall–Kier alpha value is -2.44. The van der Waals surface area contributed by atoms with Crippen molar-refractivity contribution in [2.45, 2.75) is 33.2 Å². The zero-order valence-corrected chi connectivity index (χ0v) is 12.5. The van der Waals surface area contributed by atoms with Crippen LogP contribution in [-0.2, 0) is 19.4 Å². The Morgan fingerprint density at radius 1 is 1.38 bits per heavy atom. The molecule has 0 aliphatic rings. The van der Waals surface area contributed by atoms with E-state index in [2.05, 4.69) is 15.4 Å². The van der Waals surface area contributed by atoms with Crippen molar-refractivity contribution < 1.29 is 4.92 Å². The summed E-state index contributed by atoms with van der Waals surface area (Å²) >= 11 is 0. The van der Waals surface area contributed by atoms with Crippen LogP contribution in [0.5, 0.6) is 0 Å². The van der Waals surface area contributed by atoms with Crippen LogP contribution in [0.2, 0.25) is 0 Å². The summed E-state index contributed by atoms with van der Waals surface area (Å²) in [6, 6.07) is 3.78. The third-order valence-corrected chi connectivity index (χ3v) is 3.37. The van der Waals surface area contributed by atoms with Gasteiger partial charge in [0.15, 0.2) is 0 Å². The fourth-order valence-electron chi connectivity index (χ4n) is 2.35. The molecule has 2 rings (SSSR count). The Kier molecular flexibility index (Phi) is 4.52. The van der Waals surface area contributed by atoms with E-state index in [1.54, 1.807) is 10.9 Å². The quantitative estimate of drug-likeness (QED) is 0.652. The van der Waals surface area contributed by atoms with Crippen LogP contribution in [0, 0.1) is 10.1 Å². The normalized spacial score (nSPS) is 10.6. The van der Waals surface area contributed by atoms with Gasteiger partial charge in [0.1, 0.15) is 11.4 Å². The Labute approximate surface area is 123 Å². The maximum Gasteiger partial charge on any atom is 0.313 e. The molecule has 0 saturated carbocycles. The van der Waals surface area contributed by atoms with Crippen LogP contribution < -0.4 is 5.32 Å². The summed E-state index contributed by atoms with van der Waals surface area (Å²) in [5.41, 5.74) is 3.09. The van der Waals surface area contributed by atoms with Crippen LogP contribution in [-0.4, -0.2) is 26.7 Å². The predicted molar refractivity (Wildman–Crippen MR) is 80.5 cm³/mol. The first-order valence-electron chi connectivity index (χ1n) is 6.96. The van der Waals surface area contributed by atoms with Crippen molar-refractivity contribution in [3.63, 3.8) is 0 Å². The summed E-state index contributed by atoms with van der Waals surface area (Å²) in [4.78, 5) is 15.2. The van der Waals surface area contributed by atoms with Gasteiger partial charge in [-0.2, -0.15) is 5.10 Å². The van der Waals surface area contributed by atoms with Crippen LogP contribution in [0.15, 0.2) is 18.3 Å². The Morgan fingerprint density at radius 3 is 2.71 bits per heavy atom. The lowest BCUT2D eigenvalue weighted by Gasteiger charge is -2.06. The smallest absolute Gasteiger partial charge is 0.313 e.